The molecule has 5 nitrogen and oxygen atoms in total. The first-order valence-electron chi connectivity index (χ1n) is 5.71. The number of rotatable bonds is 2. The lowest BCUT2D eigenvalue weighted by molar-refractivity contribution is -0.442. The van der Waals surface area contributed by atoms with E-state index < -0.39 is 11.6 Å². The van der Waals surface area contributed by atoms with Gasteiger partial charge in [0.2, 0.25) is 11.6 Å². The van der Waals surface area contributed by atoms with Crippen LogP contribution in [0, 0.1) is 0 Å². The second kappa shape index (κ2) is 4.82. The molecule has 0 aromatic carbocycles. The molecule has 2 rings (SSSR count). The molecule has 18 heavy (non-hydrogen) atoms. The molecule has 0 radical (unpaired) electrons. The number of carbonyl (C=O) groups excluding carboxylic acids is 1. The molecule has 0 spiro atoms. The van der Waals surface area contributed by atoms with Gasteiger partial charge in [-0.25, -0.2) is 0 Å². The van der Waals surface area contributed by atoms with Crippen LogP contribution in [0.1, 0.15) is 20.3 Å². The van der Waals surface area contributed by atoms with Crippen molar-refractivity contribution in [1.82, 2.24) is 0 Å². The second-order valence-corrected chi connectivity index (χ2v) is 5.84. The first-order chi connectivity index (χ1) is 8.35. The van der Waals surface area contributed by atoms with Crippen LogP contribution in [-0.2, 0) is 23.7 Å². The van der Waals surface area contributed by atoms with E-state index in [9.17, 15) is 4.79 Å². The highest BCUT2D eigenvalue weighted by Gasteiger charge is 2.57. The van der Waals surface area contributed by atoms with Crippen LogP contribution in [0.5, 0.6) is 0 Å². The van der Waals surface area contributed by atoms with E-state index in [2.05, 4.69) is 0 Å². The van der Waals surface area contributed by atoms with Crippen molar-refractivity contribution in [1.29, 1.82) is 0 Å². The molecule has 0 N–H and O–H groups in total. The number of Topliss-reactive ketones (excluding diaryl/α,β-unsaturated/α-hetero) is 1. The van der Waals surface area contributed by atoms with Gasteiger partial charge in [-0.3, -0.25) is 4.79 Å². The Balaban J connectivity index is 2.32. The zero-order valence-corrected chi connectivity index (χ0v) is 13.0. The average molecular weight is 368 g/mol. The van der Waals surface area contributed by atoms with Gasteiger partial charge in [-0.1, -0.05) is 0 Å². The minimum Gasteiger partial charge on any atom is -0.349 e. The Morgan fingerprint density at radius 2 is 1.83 bits per heavy atom. The van der Waals surface area contributed by atoms with Gasteiger partial charge >= 0.3 is 0 Å². The minimum atomic E-state index is -1.04. The summed E-state index contributed by atoms with van der Waals surface area (Å²) in [5.41, 5.74) is 0. The molecule has 4 atom stereocenters. The molecule has 1 fully saturated rings. The highest BCUT2D eigenvalue weighted by Crippen LogP contribution is 2.42. The van der Waals surface area contributed by atoms with Gasteiger partial charge < -0.3 is 18.9 Å². The van der Waals surface area contributed by atoms with Crippen molar-refractivity contribution in [3.05, 3.63) is 9.66 Å². The van der Waals surface area contributed by atoms with Crippen molar-refractivity contribution >= 4 is 28.4 Å². The molecular weight excluding hydrogens is 351 g/mol. The lowest BCUT2D eigenvalue weighted by Crippen LogP contribution is -2.65. The smallest absolute Gasteiger partial charge is 0.220 e. The first-order valence-corrected chi connectivity index (χ1v) is 6.79. The van der Waals surface area contributed by atoms with E-state index in [0.717, 1.165) is 0 Å². The fourth-order valence-corrected chi connectivity index (χ4v) is 2.76. The van der Waals surface area contributed by atoms with Crippen LogP contribution in [0.3, 0.4) is 0 Å². The third-order valence-corrected chi connectivity index (χ3v) is 4.63. The molecule has 1 heterocycles. The minimum absolute atomic E-state index is 0.0694. The van der Waals surface area contributed by atoms with Gasteiger partial charge in [-0.05, 0) is 42.5 Å². The van der Waals surface area contributed by atoms with E-state index in [1.165, 1.54) is 7.11 Å². The van der Waals surface area contributed by atoms with E-state index in [-0.39, 0.29) is 18.0 Å². The van der Waals surface area contributed by atoms with E-state index in [4.69, 9.17) is 18.9 Å². The summed E-state index contributed by atoms with van der Waals surface area (Å²) in [7, 11) is 3.08. The Kier molecular flexibility index (Phi) is 3.86. The number of ether oxygens (including phenoxy) is 4. The maximum absolute atomic E-state index is 11.7. The molecule has 0 bridgehead atoms. The van der Waals surface area contributed by atoms with Crippen molar-refractivity contribution < 1.29 is 23.7 Å². The third kappa shape index (κ3) is 2.14. The third-order valence-electron chi connectivity index (χ3n) is 3.67. The highest BCUT2D eigenvalue weighted by atomic mass is 127. The number of halogens is 1. The van der Waals surface area contributed by atoms with E-state index >= 15 is 0 Å². The van der Waals surface area contributed by atoms with Crippen LogP contribution in [0.15, 0.2) is 9.66 Å². The summed E-state index contributed by atoms with van der Waals surface area (Å²) in [6, 6.07) is 0. The standard InChI is InChI=1S/C12H17IO5/c1-11(15-3)12(2,16-4)18-10-6-8(14)7(13)5-9(10)17-11/h5,9-10H,6H2,1-4H3/t9?,10?,11-,12-/m0/s1. The number of fused-ring (bicyclic) bond motifs is 1. The Morgan fingerprint density at radius 3 is 2.39 bits per heavy atom. The lowest BCUT2D eigenvalue weighted by Gasteiger charge is -2.52. The topological polar surface area (TPSA) is 54.0 Å². The largest absolute Gasteiger partial charge is 0.349 e. The molecule has 2 aliphatic rings. The van der Waals surface area contributed by atoms with E-state index in [0.29, 0.717) is 10.0 Å². The quantitative estimate of drug-likeness (QED) is 0.696. The second-order valence-electron chi connectivity index (χ2n) is 4.68. The number of allylic oxidation sites excluding steroid dienone is 1. The van der Waals surface area contributed by atoms with Gasteiger partial charge in [0, 0.05) is 20.6 Å². The summed E-state index contributed by atoms with van der Waals surface area (Å²) in [6.45, 7) is 3.52. The molecule has 102 valence electrons. The summed E-state index contributed by atoms with van der Waals surface area (Å²) in [5, 5.41) is 0. The number of hydrogen-bond acceptors (Lipinski definition) is 5. The molecule has 1 aliphatic carbocycles. The Labute approximate surface area is 120 Å². The molecule has 1 saturated heterocycles. The maximum atomic E-state index is 11.7. The predicted molar refractivity (Wildman–Crippen MR) is 72.3 cm³/mol. The summed E-state index contributed by atoms with van der Waals surface area (Å²) < 4.78 is 23.3. The maximum Gasteiger partial charge on any atom is 0.220 e. The summed E-state index contributed by atoms with van der Waals surface area (Å²) in [5.74, 6) is -1.99. The van der Waals surface area contributed by atoms with Crippen LogP contribution in [0.25, 0.3) is 0 Å². The molecular formula is C12H17IO5. The van der Waals surface area contributed by atoms with Crippen LogP contribution >= 0.6 is 22.6 Å². The van der Waals surface area contributed by atoms with Crippen LogP contribution in [-0.4, -0.2) is 43.8 Å². The van der Waals surface area contributed by atoms with Gasteiger partial charge in [0.05, 0.1) is 9.68 Å². The van der Waals surface area contributed by atoms with Crippen molar-refractivity contribution in [3.8, 4) is 0 Å². The number of ketones is 1. The van der Waals surface area contributed by atoms with Crippen LogP contribution < -0.4 is 0 Å². The summed E-state index contributed by atoms with van der Waals surface area (Å²) in [6.07, 6.45) is 1.47. The fraction of sp³-hybridized carbons (Fsp3) is 0.750. The summed E-state index contributed by atoms with van der Waals surface area (Å²) in [4.78, 5) is 11.7. The highest BCUT2D eigenvalue weighted by molar-refractivity contribution is 14.1. The first kappa shape index (κ1) is 14.4. The fourth-order valence-electron chi connectivity index (χ4n) is 2.19. The Morgan fingerprint density at radius 1 is 1.28 bits per heavy atom. The molecule has 0 amide bonds. The van der Waals surface area contributed by atoms with Gasteiger partial charge in [0.15, 0.2) is 5.78 Å². The van der Waals surface area contributed by atoms with Crippen molar-refractivity contribution in [3.63, 3.8) is 0 Å². The number of carbonyl (C=O) groups is 1. The zero-order chi connectivity index (χ0) is 13.6. The molecule has 2 unspecified atom stereocenters. The monoisotopic (exact) mass is 368 g/mol. The summed E-state index contributed by atoms with van der Waals surface area (Å²) >= 11 is 2.02. The Hall–Kier alpha value is -0.0200. The van der Waals surface area contributed by atoms with Gasteiger partial charge in [-0.15, -0.1) is 0 Å². The van der Waals surface area contributed by atoms with Crippen LogP contribution in [0.2, 0.25) is 0 Å². The molecule has 1 aliphatic heterocycles. The Bertz CT molecular complexity index is 396. The van der Waals surface area contributed by atoms with Crippen LogP contribution in [0.4, 0.5) is 0 Å². The van der Waals surface area contributed by atoms with Gasteiger partial charge in [-0.2, -0.15) is 0 Å². The SMILES string of the molecule is CO[C@@]1(C)OC2C=C(I)C(=O)CC2O[C@]1(C)OC. The normalized spacial score (nSPS) is 44.5. The number of methoxy groups -OCH3 is 2. The molecule has 6 heteroatoms. The molecule has 0 saturated carbocycles. The molecule has 0 aromatic heterocycles. The van der Waals surface area contributed by atoms with Crippen molar-refractivity contribution in [2.24, 2.45) is 0 Å². The van der Waals surface area contributed by atoms with E-state index in [1.807, 2.05) is 22.6 Å². The molecule has 0 aromatic rings. The number of hydrogen-bond donors (Lipinski definition) is 0. The van der Waals surface area contributed by atoms with Crippen molar-refractivity contribution in [2.75, 3.05) is 14.2 Å². The van der Waals surface area contributed by atoms with Gasteiger partial charge in [0.1, 0.15) is 6.10 Å². The zero-order valence-electron chi connectivity index (χ0n) is 10.9. The van der Waals surface area contributed by atoms with E-state index in [1.54, 1.807) is 27.0 Å². The average Bonchev–Trinajstić information content (AvgIpc) is 2.33. The predicted octanol–water partition coefficient (Wildman–Crippen LogP) is 1.79. The van der Waals surface area contributed by atoms with Crippen molar-refractivity contribution in [2.45, 2.75) is 44.1 Å². The van der Waals surface area contributed by atoms with Gasteiger partial charge in [0.25, 0.3) is 0 Å². The lowest BCUT2D eigenvalue weighted by atomic mass is 9.96.